The van der Waals surface area contributed by atoms with E-state index < -0.39 is 44.5 Å². The Balaban J connectivity index is 1.91. The van der Waals surface area contributed by atoms with Gasteiger partial charge in [-0.25, -0.2) is 13.8 Å². The van der Waals surface area contributed by atoms with E-state index in [9.17, 15) is 19.2 Å². The number of nitrogens with zero attached hydrogens (tertiary/aromatic N) is 6. The minimum atomic E-state index is -1.44. The third-order valence-corrected chi connectivity index (χ3v) is 9.84. The van der Waals surface area contributed by atoms with Crippen molar-refractivity contribution in [1.29, 1.82) is 5.26 Å². The van der Waals surface area contributed by atoms with Crippen LogP contribution in [0.2, 0.25) is 15.1 Å². The van der Waals surface area contributed by atoms with E-state index in [0.717, 1.165) is 0 Å². The van der Waals surface area contributed by atoms with Crippen molar-refractivity contribution in [3.8, 4) is 17.3 Å². The predicted molar refractivity (Wildman–Crippen MR) is 183 cm³/mol. The van der Waals surface area contributed by atoms with Crippen LogP contribution in [0.3, 0.4) is 0 Å². The normalized spacial score (nSPS) is 21.3. The molecule has 0 bridgehead atoms. The molecule has 9 nitrogen and oxygen atoms in total. The summed E-state index contributed by atoms with van der Waals surface area (Å²) < 4.78 is 31.8. The smallest absolute Gasteiger partial charge is 0.272 e. The number of hydrogen-bond donors (Lipinski definition) is 1. The molecule has 4 atom stereocenters. The Morgan fingerprint density at radius 2 is 1.79 bits per heavy atom. The van der Waals surface area contributed by atoms with Crippen molar-refractivity contribution in [3.05, 3.63) is 73.6 Å². The summed E-state index contributed by atoms with van der Waals surface area (Å²) in [6.07, 6.45) is 4.74. The van der Waals surface area contributed by atoms with Crippen LogP contribution in [0.4, 0.5) is 20.2 Å². The molecule has 0 radical (unpaired) electrons. The van der Waals surface area contributed by atoms with Gasteiger partial charge in [0, 0.05) is 48.4 Å². The third-order valence-electron chi connectivity index (χ3n) is 8.71. The van der Waals surface area contributed by atoms with E-state index in [0.29, 0.717) is 11.1 Å². The van der Waals surface area contributed by atoms with E-state index >= 15 is 4.39 Å². The highest BCUT2D eigenvalue weighted by Gasteiger charge is 2.37. The highest BCUT2D eigenvalue weighted by molar-refractivity contribution is 6.44. The van der Waals surface area contributed by atoms with Crippen LogP contribution >= 0.6 is 34.8 Å². The first-order valence-corrected chi connectivity index (χ1v) is 16.0. The van der Waals surface area contributed by atoms with Crippen LogP contribution in [0.5, 0.6) is 0 Å². The zero-order valence-corrected chi connectivity index (χ0v) is 28.6. The number of carbonyl (C=O) groups is 1. The van der Waals surface area contributed by atoms with Gasteiger partial charge in [0.2, 0.25) is 5.91 Å². The lowest BCUT2D eigenvalue weighted by Crippen LogP contribution is -2.58. The Hall–Kier alpha value is -3.98. The van der Waals surface area contributed by atoms with E-state index in [1.165, 1.54) is 16.7 Å². The van der Waals surface area contributed by atoms with Gasteiger partial charge in [-0.2, -0.15) is 5.26 Å². The highest BCUT2D eigenvalue weighted by Crippen LogP contribution is 2.45. The molecule has 1 amide bonds. The molecule has 1 fully saturated rings. The monoisotopic (exact) mass is 701 g/mol. The Kier molecular flexibility index (Phi) is 9.43. The van der Waals surface area contributed by atoms with Crippen molar-refractivity contribution < 1.29 is 13.6 Å². The molecular formula is C33H32Cl3F2N7O2. The number of nitrogen functional groups attached to an aromatic ring is 1. The van der Waals surface area contributed by atoms with Crippen LogP contribution in [0, 0.1) is 34.8 Å². The number of allylic oxidation sites excluding steroid dienone is 1. The predicted octanol–water partition coefficient (Wildman–Crippen LogP) is 7.17. The molecular weight excluding hydrogens is 671 g/mol. The second-order valence-corrected chi connectivity index (χ2v) is 13.3. The maximum Gasteiger partial charge on any atom is 0.272 e. The summed E-state index contributed by atoms with van der Waals surface area (Å²) in [5.41, 5.74) is 5.09. The summed E-state index contributed by atoms with van der Waals surface area (Å²) >= 11 is 18.9. The summed E-state index contributed by atoms with van der Waals surface area (Å²) in [7, 11) is 0. The number of nitrogens with two attached hydrogens (primary N) is 1. The lowest BCUT2D eigenvalue weighted by Gasteiger charge is -2.45. The zero-order valence-electron chi connectivity index (χ0n) is 26.3. The van der Waals surface area contributed by atoms with E-state index in [1.807, 2.05) is 45.6 Å². The molecule has 4 heterocycles. The average Bonchev–Trinajstić information content (AvgIpc) is 3.02. The number of aliphatic imine (C=N–C) groups is 1. The number of aromatic nitrogens is 2. The molecule has 2 aromatic heterocycles. The topological polar surface area (TPSA) is 121 Å². The van der Waals surface area contributed by atoms with Gasteiger partial charge in [0.1, 0.15) is 22.3 Å². The van der Waals surface area contributed by atoms with Crippen molar-refractivity contribution in [2.45, 2.75) is 52.7 Å². The number of anilines is 2. The maximum absolute atomic E-state index is 15.6. The molecule has 0 spiro atoms. The minimum absolute atomic E-state index is 0.0408. The van der Waals surface area contributed by atoms with E-state index in [4.69, 9.17) is 45.5 Å². The molecule has 3 aromatic rings. The Labute approximate surface area is 285 Å². The maximum atomic E-state index is 15.6. The lowest BCUT2D eigenvalue weighted by molar-refractivity contribution is -0.130. The van der Waals surface area contributed by atoms with Crippen LogP contribution < -0.4 is 16.2 Å². The molecule has 47 heavy (non-hydrogen) atoms. The van der Waals surface area contributed by atoms with Gasteiger partial charge in [-0.15, -0.1) is 0 Å². The van der Waals surface area contributed by atoms with Gasteiger partial charge in [-0.1, -0.05) is 68.2 Å². The fourth-order valence-electron chi connectivity index (χ4n) is 6.65. The molecule has 1 unspecified atom stereocenters. The van der Waals surface area contributed by atoms with Crippen LogP contribution in [-0.4, -0.2) is 51.2 Å². The largest absolute Gasteiger partial charge is 0.397 e. The van der Waals surface area contributed by atoms with E-state index in [-0.39, 0.29) is 70.5 Å². The summed E-state index contributed by atoms with van der Waals surface area (Å²) in [6, 6.07) is 2.22. The fourth-order valence-corrected chi connectivity index (χ4v) is 7.26. The van der Waals surface area contributed by atoms with Crippen molar-refractivity contribution in [3.63, 3.8) is 0 Å². The SMILES string of the molecule is C=CC(=O)N1[C@H](C)CN(c2c(C#N)c(=O)n(C3C(C(C)C)=NC=C[C@H]3C)c3nc(-c4c(N)c(Cl)c(Cl)c(F)c4F)c(Cl)cc23)C[C@@H]1C. The molecule has 1 aromatic carbocycles. The quantitative estimate of drug-likeness (QED) is 0.130. The van der Waals surface area contributed by atoms with Crippen molar-refractivity contribution in [2.75, 3.05) is 23.7 Å². The number of fused-ring (bicyclic) bond motifs is 1. The van der Waals surface area contributed by atoms with Crippen LogP contribution in [0.1, 0.15) is 46.2 Å². The van der Waals surface area contributed by atoms with Gasteiger partial charge in [0.05, 0.1) is 38.7 Å². The summed E-state index contributed by atoms with van der Waals surface area (Å²) in [5, 5.41) is 9.57. The molecule has 2 aliphatic rings. The lowest BCUT2D eigenvalue weighted by atomic mass is 9.88. The first-order valence-electron chi connectivity index (χ1n) is 14.9. The molecule has 5 rings (SSSR count). The average molecular weight is 703 g/mol. The molecule has 14 heteroatoms. The third kappa shape index (κ3) is 5.56. The second kappa shape index (κ2) is 12.9. The summed E-state index contributed by atoms with van der Waals surface area (Å²) in [4.78, 5) is 40.1. The van der Waals surface area contributed by atoms with E-state index in [2.05, 4.69) is 17.6 Å². The first-order chi connectivity index (χ1) is 22.2. The van der Waals surface area contributed by atoms with Crippen molar-refractivity contribution >= 4 is 68.8 Å². The van der Waals surface area contributed by atoms with E-state index in [1.54, 1.807) is 11.1 Å². The summed E-state index contributed by atoms with van der Waals surface area (Å²) in [6.45, 7) is 13.6. The number of piperazine rings is 1. The zero-order chi connectivity index (χ0) is 34.6. The highest BCUT2D eigenvalue weighted by atomic mass is 35.5. The van der Waals surface area contributed by atoms with Crippen LogP contribution in [-0.2, 0) is 4.79 Å². The molecule has 0 saturated carbocycles. The Morgan fingerprint density at radius 1 is 1.15 bits per heavy atom. The van der Waals surface area contributed by atoms with Crippen molar-refractivity contribution in [1.82, 2.24) is 14.5 Å². The number of hydrogen-bond acceptors (Lipinski definition) is 7. The van der Waals surface area contributed by atoms with Gasteiger partial charge in [-0.05, 0) is 31.9 Å². The number of amides is 1. The molecule has 2 aliphatic heterocycles. The van der Waals surface area contributed by atoms with Gasteiger partial charge in [0.15, 0.2) is 11.6 Å². The van der Waals surface area contributed by atoms with Gasteiger partial charge in [-0.3, -0.25) is 19.1 Å². The van der Waals surface area contributed by atoms with Gasteiger partial charge < -0.3 is 15.5 Å². The number of halogens is 5. The molecule has 0 aliphatic carbocycles. The second-order valence-electron chi connectivity index (χ2n) is 12.2. The number of rotatable bonds is 5. The molecule has 2 N–H and O–H groups in total. The van der Waals surface area contributed by atoms with Crippen LogP contribution in [0.15, 0.2) is 40.8 Å². The number of nitriles is 1. The first kappa shape index (κ1) is 34.4. The van der Waals surface area contributed by atoms with Gasteiger partial charge >= 0.3 is 0 Å². The minimum Gasteiger partial charge on any atom is -0.397 e. The Bertz CT molecular complexity index is 1960. The fraction of sp³-hybridized carbons (Fsp3) is 0.364. The van der Waals surface area contributed by atoms with Crippen molar-refractivity contribution in [2.24, 2.45) is 16.8 Å². The Morgan fingerprint density at radius 3 is 2.36 bits per heavy atom. The number of carbonyl (C=O) groups excluding carboxylic acids is 1. The standard InChI is InChI=1S/C33H32Cl3F2N7O2/c1-7-21(46)44-16(5)12-43(13-17(44)6)31-18-10-20(34)29(22-25(37)26(38)23(35)24(36)27(22)40)42-32(18)45(33(47)19(31)11-39)30-15(4)8-9-41-28(30)14(2)3/h7-10,14-17,30H,1,12-13,40H2,2-6H3/t15-,16-,17+,30?/m1/s1. The number of benzene rings is 1. The van der Waals surface area contributed by atoms with Gasteiger partial charge in [0.25, 0.3) is 5.56 Å². The molecule has 246 valence electrons. The summed E-state index contributed by atoms with van der Waals surface area (Å²) in [5.74, 6) is -3.49. The molecule has 1 saturated heterocycles. The number of pyridine rings is 2. The van der Waals surface area contributed by atoms with Crippen LogP contribution in [0.25, 0.3) is 22.3 Å².